The van der Waals surface area contributed by atoms with Gasteiger partial charge in [0.15, 0.2) is 12.1 Å². The molecule has 0 saturated carbocycles. The van der Waals surface area contributed by atoms with Crippen LogP contribution in [0.4, 0.5) is 0 Å². The van der Waals surface area contributed by atoms with Gasteiger partial charge in [-0.15, -0.1) is 0 Å². The van der Waals surface area contributed by atoms with Gasteiger partial charge >= 0.3 is 5.97 Å². The number of cyclic esters (lactones) is 1. The van der Waals surface area contributed by atoms with E-state index in [4.69, 9.17) is 18.9 Å². The molecule has 0 radical (unpaired) electrons. The zero-order valence-corrected chi connectivity index (χ0v) is 28.9. The van der Waals surface area contributed by atoms with Crippen LogP contribution in [0.25, 0.3) is 0 Å². The third-order valence-electron chi connectivity index (χ3n) is 10.0. The largest absolute Gasteiger partial charge is 0.463 e. The normalized spacial score (nSPS) is 36.8. The van der Waals surface area contributed by atoms with Gasteiger partial charge in [-0.1, -0.05) is 6.92 Å². The van der Waals surface area contributed by atoms with E-state index in [0.29, 0.717) is 39.0 Å². The summed E-state index contributed by atoms with van der Waals surface area (Å²) in [7, 11) is 11.2. The number of aliphatic hydroxyl groups is 1. The van der Waals surface area contributed by atoms with Gasteiger partial charge in [-0.2, -0.15) is 0 Å². The summed E-state index contributed by atoms with van der Waals surface area (Å²) < 4.78 is 24.7. The van der Waals surface area contributed by atoms with E-state index in [1.807, 2.05) is 63.8 Å². The highest BCUT2D eigenvalue weighted by Crippen LogP contribution is 2.37. The molecule has 12 nitrogen and oxygen atoms in total. The van der Waals surface area contributed by atoms with Crippen LogP contribution in [0.2, 0.25) is 0 Å². The minimum absolute atomic E-state index is 0.0801. The number of hydrogen-bond acceptors (Lipinski definition) is 11. The van der Waals surface area contributed by atoms with Gasteiger partial charge in [-0.05, 0) is 88.7 Å². The van der Waals surface area contributed by atoms with Crippen molar-refractivity contribution in [3.8, 4) is 0 Å². The third-order valence-corrected chi connectivity index (χ3v) is 10.0. The van der Waals surface area contributed by atoms with Crippen molar-refractivity contribution in [2.75, 3.05) is 75.1 Å². The monoisotopic (exact) mass is 626 g/mol. The molecule has 254 valence electrons. The molecule has 0 aromatic heterocycles. The van der Waals surface area contributed by atoms with E-state index in [1.54, 1.807) is 27.9 Å². The van der Waals surface area contributed by atoms with E-state index in [-0.39, 0.29) is 42.4 Å². The van der Waals surface area contributed by atoms with E-state index in [0.717, 1.165) is 6.42 Å². The van der Waals surface area contributed by atoms with Gasteiger partial charge in [-0.25, -0.2) is 0 Å². The Morgan fingerprint density at radius 3 is 2.32 bits per heavy atom. The van der Waals surface area contributed by atoms with Gasteiger partial charge in [0.25, 0.3) is 0 Å². The first-order valence-corrected chi connectivity index (χ1v) is 16.0. The summed E-state index contributed by atoms with van der Waals surface area (Å²) in [6.45, 7) is 11.2. The molecule has 0 spiro atoms. The lowest BCUT2D eigenvalue weighted by Gasteiger charge is -2.47. The highest BCUT2D eigenvalue weighted by Gasteiger charge is 2.51. The standard InChI is InChI=1S/C32H58N4O8/c1-20-15-23(34(8)9)26(38)29(43-20)44-28-21(2)27(39)31(3,4)30(40)42-19-24(35(10)14-12-13-32(28,5)41-11)22-16-36(17-22)25(37)18-33(6)7/h20-24,26,28-29,38H,12-19H2,1-11H3/t20-,21+,23+,24?,26-,28-,29+,32-/m1/s1. The molecule has 0 aromatic carbocycles. The first kappa shape index (κ1) is 36.8. The summed E-state index contributed by atoms with van der Waals surface area (Å²) >= 11 is 0. The second-order valence-electron chi connectivity index (χ2n) is 14.5. The smallest absolute Gasteiger partial charge is 0.319 e. The topological polar surface area (TPSA) is 121 Å². The van der Waals surface area contributed by atoms with Crippen LogP contribution in [0.15, 0.2) is 0 Å². The van der Waals surface area contributed by atoms with E-state index in [1.165, 1.54) is 0 Å². The van der Waals surface area contributed by atoms with Crippen molar-refractivity contribution in [2.24, 2.45) is 17.3 Å². The molecule has 44 heavy (non-hydrogen) atoms. The van der Waals surface area contributed by atoms with Crippen molar-refractivity contribution in [1.82, 2.24) is 19.6 Å². The Labute approximate surface area is 264 Å². The second kappa shape index (κ2) is 14.8. The molecule has 1 unspecified atom stereocenters. The number of carbonyl (C=O) groups excluding carboxylic acids is 3. The first-order chi connectivity index (χ1) is 20.4. The van der Waals surface area contributed by atoms with Crippen molar-refractivity contribution in [3.63, 3.8) is 0 Å². The number of methoxy groups -OCH3 is 1. The molecule has 3 heterocycles. The van der Waals surface area contributed by atoms with Crippen molar-refractivity contribution in [3.05, 3.63) is 0 Å². The Morgan fingerprint density at radius 1 is 1.11 bits per heavy atom. The Balaban J connectivity index is 1.88. The molecule has 1 N–H and O–H groups in total. The number of rotatable bonds is 7. The van der Waals surface area contributed by atoms with Gasteiger partial charge in [0.05, 0.1) is 24.4 Å². The molecule has 12 heteroatoms. The SMILES string of the molecule is CO[C@]1(C)CCCN(C)C(C2CN(C(=O)CN(C)C)C2)COC(=O)C(C)(C)C(=O)[C@H](C)[C@H]1O[C@@H]1O[C@H](C)C[C@H](N(C)C)[C@H]1O. The number of carbonyl (C=O) groups is 3. The molecule has 3 aliphatic rings. The van der Waals surface area contributed by atoms with Crippen LogP contribution in [0.3, 0.4) is 0 Å². The van der Waals surface area contributed by atoms with E-state index in [9.17, 15) is 19.5 Å². The lowest BCUT2D eigenvalue weighted by molar-refractivity contribution is -0.295. The molecule has 0 bridgehead atoms. The molecular weight excluding hydrogens is 568 g/mol. The Kier molecular flexibility index (Phi) is 12.4. The first-order valence-electron chi connectivity index (χ1n) is 16.0. The lowest BCUT2D eigenvalue weighted by Crippen LogP contribution is -2.60. The number of Topliss-reactive ketones (excluding diaryl/α,β-unsaturated/α-hetero) is 1. The van der Waals surface area contributed by atoms with Crippen LogP contribution >= 0.6 is 0 Å². The second-order valence-corrected chi connectivity index (χ2v) is 14.5. The zero-order valence-electron chi connectivity index (χ0n) is 28.9. The maximum Gasteiger partial charge on any atom is 0.319 e. The van der Waals surface area contributed by atoms with Gasteiger partial charge in [0.2, 0.25) is 5.91 Å². The zero-order chi connectivity index (χ0) is 33.1. The fraction of sp³-hybridized carbons (Fsp3) is 0.906. The number of likely N-dealkylation sites (tertiary alicyclic amines) is 1. The maximum absolute atomic E-state index is 14.1. The number of likely N-dealkylation sites (N-methyl/N-ethyl adjacent to an activating group) is 3. The van der Waals surface area contributed by atoms with Crippen molar-refractivity contribution >= 4 is 17.7 Å². The molecule has 3 aliphatic heterocycles. The molecule has 8 atom stereocenters. The summed E-state index contributed by atoms with van der Waals surface area (Å²) in [6, 6.07) is -0.293. The van der Waals surface area contributed by atoms with Crippen LogP contribution in [-0.2, 0) is 33.3 Å². The third kappa shape index (κ3) is 8.18. The van der Waals surface area contributed by atoms with E-state index >= 15 is 0 Å². The molecule has 0 aromatic rings. The van der Waals surface area contributed by atoms with Gasteiger partial charge in [-0.3, -0.25) is 19.3 Å². The molecule has 0 aliphatic carbocycles. The molecule has 3 rings (SSSR count). The van der Waals surface area contributed by atoms with E-state index in [2.05, 4.69) is 4.90 Å². The maximum atomic E-state index is 14.1. The van der Waals surface area contributed by atoms with Crippen LogP contribution in [-0.4, -0.2) is 160 Å². The van der Waals surface area contributed by atoms with Crippen molar-refractivity contribution < 1.29 is 38.4 Å². The fourth-order valence-electron chi connectivity index (χ4n) is 6.90. The van der Waals surface area contributed by atoms with Crippen molar-refractivity contribution in [1.29, 1.82) is 0 Å². The summed E-state index contributed by atoms with van der Waals surface area (Å²) in [5, 5.41) is 11.2. The number of ketones is 1. The molecule has 3 saturated heterocycles. The minimum atomic E-state index is -1.45. The van der Waals surface area contributed by atoms with Gasteiger partial charge in [0.1, 0.15) is 18.1 Å². The van der Waals surface area contributed by atoms with Gasteiger partial charge < -0.3 is 38.8 Å². The number of esters is 1. The number of aliphatic hydroxyl groups excluding tert-OH is 1. The molecule has 1 amide bonds. The summed E-state index contributed by atoms with van der Waals surface area (Å²) in [4.78, 5) is 48.0. The van der Waals surface area contributed by atoms with Crippen molar-refractivity contribution in [2.45, 2.75) is 96.2 Å². The molecule has 3 fully saturated rings. The predicted molar refractivity (Wildman–Crippen MR) is 166 cm³/mol. The van der Waals surface area contributed by atoms with Crippen LogP contribution in [0, 0.1) is 17.3 Å². The lowest BCUT2D eigenvalue weighted by atomic mass is 9.75. The predicted octanol–water partition coefficient (Wildman–Crippen LogP) is 1.09. The number of hydrogen-bond donors (Lipinski definition) is 1. The Hall–Kier alpha value is -1.67. The average molecular weight is 627 g/mol. The minimum Gasteiger partial charge on any atom is -0.463 e. The van der Waals surface area contributed by atoms with Crippen LogP contribution in [0.5, 0.6) is 0 Å². The average Bonchev–Trinajstić information content (AvgIpc) is 2.91. The Bertz CT molecular complexity index is 1000. The summed E-state index contributed by atoms with van der Waals surface area (Å²) in [5.74, 6) is -1.48. The summed E-state index contributed by atoms with van der Waals surface area (Å²) in [6.07, 6.45) is -0.973. The highest BCUT2D eigenvalue weighted by molar-refractivity contribution is 6.04. The fourth-order valence-corrected chi connectivity index (χ4v) is 6.90. The number of amides is 1. The van der Waals surface area contributed by atoms with E-state index < -0.39 is 41.4 Å². The van der Waals surface area contributed by atoms with Crippen LogP contribution in [0.1, 0.15) is 53.9 Å². The number of ether oxygens (including phenoxy) is 4. The summed E-state index contributed by atoms with van der Waals surface area (Å²) in [5.41, 5.74) is -2.38. The molecular formula is C32H58N4O8. The highest BCUT2D eigenvalue weighted by atomic mass is 16.7. The van der Waals surface area contributed by atoms with Gasteiger partial charge in [0, 0.05) is 44.1 Å². The van der Waals surface area contributed by atoms with Crippen LogP contribution < -0.4 is 0 Å². The Morgan fingerprint density at radius 2 is 1.75 bits per heavy atom. The number of nitrogens with zero attached hydrogens (tertiary/aromatic N) is 4. The quantitative estimate of drug-likeness (QED) is 0.323.